The van der Waals surface area contributed by atoms with Crippen LogP contribution in [0.3, 0.4) is 0 Å². The van der Waals surface area contributed by atoms with Crippen molar-refractivity contribution >= 4 is 101 Å². The lowest BCUT2D eigenvalue weighted by atomic mass is 9.33. The third-order valence-electron chi connectivity index (χ3n) is 24.2. The summed E-state index contributed by atoms with van der Waals surface area (Å²) in [5.41, 5.74) is 35.3. The molecule has 0 atom stereocenters. The molecule has 4 heterocycles. The molecule has 17 rings (SSSR count). The van der Waals surface area contributed by atoms with Crippen LogP contribution in [0.25, 0.3) is 99.5 Å². The van der Waals surface area contributed by atoms with Crippen LogP contribution < -0.4 is 26.2 Å². The SMILES string of the molecule is CC(C)(C)c1cccc(-c2ccc(-c3cccc(C(C)(C)C)c3)c(N3c4cc(-n5c6ccccc6c6cc(C(C)(C)C)ccc65)ccc4B4c5ccc(-n6c7ccccc7c7cc(C(C)(C)C)ccc76)cc5N(c5cc(-c6cccc(C(C)(C)C)c6)ccc5-c5cccc(C(C)(C)C)c5)c5cc(C(C)(C)C)cc3c54)c2)c1. The van der Waals surface area contributed by atoms with Crippen LogP contribution in [-0.4, -0.2) is 15.8 Å². The lowest BCUT2D eigenvalue weighted by Gasteiger charge is -2.46. The molecule has 2 aromatic heterocycles. The third-order valence-corrected chi connectivity index (χ3v) is 24.2. The minimum Gasteiger partial charge on any atom is -0.311 e. The van der Waals surface area contributed by atoms with Crippen molar-refractivity contribution in [3.63, 3.8) is 0 Å². The van der Waals surface area contributed by atoms with Gasteiger partial charge in [0.2, 0.25) is 0 Å². The van der Waals surface area contributed by atoms with E-state index in [9.17, 15) is 0 Å². The standard InChI is InChI=1S/C106H107BN4/c1-100(2,3)72-34-26-30-66(54-72)68-42-48-81(70-32-28-36-74(56-70)102(7,8)9)93(58-68)110-95-64-79(108-89-40-24-22-38-83(89)85-60-76(104(13,14)15)44-52-91(85)108)46-50-87(95)107-88-51-47-80(109-90-41-25-23-39-84(90)86-61-77(105(16,17)18)45-53-92(86)109)65-96(88)111(98-63-78(106(19,20)21)62-97(110)99(98)107)94-59-69(67-31-27-35-73(55-67)101(4,5)6)43-49-82(94)71-33-29-37-75(57-71)103(10,11)12/h22-65H,1-21H3. The number of benzene rings is 13. The molecule has 2 aliphatic rings. The van der Waals surface area contributed by atoms with Gasteiger partial charge in [-0.3, -0.25) is 0 Å². The molecule has 0 radical (unpaired) electrons. The molecule has 0 saturated carbocycles. The maximum Gasteiger partial charge on any atom is 0.252 e. The monoisotopic (exact) mass is 1450 g/mol. The number of hydrogen-bond donors (Lipinski definition) is 0. The molecule has 0 unspecified atom stereocenters. The second-order valence-corrected chi connectivity index (χ2v) is 39.2. The molecule has 13 aromatic carbocycles. The van der Waals surface area contributed by atoms with Crippen molar-refractivity contribution in [3.8, 4) is 55.9 Å². The van der Waals surface area contributed by atoms with Crippen molar-refractivity contribution in [2.75, 3.05) is 9.80 Å². The summed E-state index contributed by atoms with van der Waals surface area (Å²) < 4.78 is 5.09. The highest BCUT2D eigenvalue weighted by molar-refractivity contribution is 7.00. The molecule has 15 aromatic rings. The van der Waals surface area contributed by atoms with E-state index in [4.69, 9.17) is 0 Å². The van der Waals surface area contributed by atoms with Crippen LogP contribution >= 0.6 is 0 Å². The van der Waals surface area contributed by atoms with E-state index in [1.54, 1.807) is 0 Å². The van der Waals surface area contributed by atoms with Crippen LogP contribution in [0.5, 0.6) is 0 Å². The molecule has 554 valence electrons. The van der Waals surface area contributed by atoms with E-state index in [0.717, 1.165) is 45.3 Å². The molecule has 0 aliphatic carbocycles. The molecule has 0 saturated heterocycles. The van der Waals surface area contributed by atoms with Gasteiger partial charge in [0.15, 0.2) is 0 Å². The van der Waals surface area contributed by atoms with Gasteiger partial charge in [-0.25, -0.2) is 0 Å². The molecule has 0 amide bonds. The van der Waals surface area contributed by atoms with E-state index in [2.05, 4.69) is 431 Å². The number of anilines is 6. The van der Waals surface area contributed by atoms with E-state index in [1.165, 1.54) is 144 Å². The predicted molar refractivity (Wildman–Crippen MR) is 482 cm³/mol. The van der Waals surface area contributed by atoms with E-state index in [0.29, 0.717) is 0 Å². The van der Waals surface area contributed by atoms with Crippen molar-refractivity contribution < 1.29 is 0 Å². The topological polar surface area (TPSA) is 16.3 Å². The van der Waals surface area contributed by atoms with Crippen molar-refractivity contribution in [1.29, 1.82) is 0 Å². The second kappa shape index (κ2) is 25.9. The average molecular weight is 1450 g/mol. The van der Waals surface area contributed by atoms with Crippen LogP contribution in [0.1, 0.15) is 184 Å². The van der Waals surface area contributed by atoms with Crippen LogP contribution in [-0.2, 0) is 37.9 Å². The fourth-order valence-electron chi connectivity index (χ4n) is 17.5. The fourth-order valence-corrected chi connectivity index (χ4v) is 17.5. The number of para-hydroxylation sites is 2. The van der Waals surface area contributed by atoms with Gasteiger partial charge in [0.25, 0.3) is 6.71 Å². The van der Waals surface area contributed by atoms with Crippen LogP contribution in [0.2, 0.25) is 0 Å². The Balaban J connectivity index is 1.04. The first-order chi connectivity index (χ1) is 52.4. The van der Waals surface area contributed by atoms with E-state index < -0.39 is 0 Å². The Hall–Kier alpha value is -10.9. The lowest BCUT2D eigenvalue weighted by Crippen LogP contribution is -2.61. The van der Waals surface area contributed by atoms with Gasteiger partial charge in [-0.2, -0.15) is 0 Å². The highest BCUT2D eigenvalue weighted by atomic mass is 15.2. The molecule has 2 aliphatic heterocycles. The Morgan fingerprint density at radius 3 is 0.883 bits per heavy atom. The van der Waals surface area contributed by atoms with Gasteiger partial charge >= 0.3 is 0 Å². The summed E-state index contributed by atoms with van der Waals surface area (Å²) in [6, 6.07) is 105. The summed E-state index contributed by atoms with van der Waals surface area (Å²) in [5.74, 6) is 0. The molecule has 111 heavy (non-hydrogen) atoms. The first-order valence-corrected chi connectivity index (χ1v) is 40.3. The third kappa shape index (κ3) is 12.7. The van der Waals surface area contributed by atoms with Gasteiger partial charge < -0.3 is 18.9 Å². The Kier molecular flexibility index (Phi) is 17.0. The summed E-state index contributed by atoms with van der Waals surface area (Å²) in [4.78, 5) is 5.46. The Morgan fingerprint density at radius 1 is 0.207 bits per heavy atom. The number of rotatable bonds is 8. The lowest BCUT2D eigenvalue weighted by molar-refractivity contribution is 0.590. The Bertz CT molecular complexity index is 5900. The molecular formula is C106H107BN4. The van der Waals surface area contributed by atoms with Gasteiger partial charge in [-0.15, -0.1) is 0 Å². The summed E-state index contributed by atoms with van der Waals surface area (Å²) in [6.07, 6.45) is 0. The summed E-state index contributed by atoms with van der Waals surface area (Å²) >= 11 is 0. The predicted octanol–water partition coefficient (Wildman–Crippen LogP) is 27.7. The average Bonchev–Trinajstić information content (AvgIpc) is 0.946. The quantitative estimate of drug-likeness (QED) is 0.141. The zero-order valence-corrected chi connectivity index (χ0v) is 69.3. The molecule has 0 N–H and O–H groups in total. The fraction of sp³-hybridized carbons (Fsp3) is 0.264. The van der Waals surface area contributed by atoms with Crippen molar-refractivity contribution in [3.05, 3.63) is 306 Å². The van der Waals surface area contributed by atoms with Gasteiger partial charge in [-0.05, 0) is 212 Å². The Morgan fingerprint density at radius 2 is 0.523 bits per heavy atom. The van der Waals surface area contributed by atoms with Crippen molar-refractivity contribution in [1.82, 2.24) is 9.13 Å². The van der Waals surface area contributed by atoms with Crippen molar-refractivity contribution in [2.24, 2.45) is 0 Å². The highest BCUT2D eigenvalue weighted by Crippen LogP contribution is 2.53. The smallest absolute Gasteiger partial charge is 0.252 e. The van der Waals surface area contributed by atoms with Gasteiger partial charge in [0, 0.05) is 66.8 Å². The molecule has 0 fully saturated rings. The second-order valence-electron chi connectivity index (χ2n) is 39.2. The highest BCUT2D eigenvalue weighted by Gasteiger charge is 2.46. The summed E-state index contributed by atoms with van der Waals surface area (Å²) in [5, 5.41) is 5.01. The molecule has 5 heteroatoms. The van der Waals surface area contributed by atoms with E-state index in [-0.39, 0.29) is 44.6 Å². The molecular weight excluding hydrogens is 1340 g/mol. The first kappa shape index (κ1) is 73.0. The minimum atomic E-state index is -0.329. The number of fused-ring (bicyclic) bond motifs is 10. The van der Waals surface area contributed by atoms with Gasteiger partial charge in [0.05, 0.1) is 33.4 Å². The minimum absolute atomic E-state index is 0.0411. The first-order valence-electron chi connectivity index (χ1n) is 40.3. The van der Waals surface area contributed by atoms with Crippen LogP contribution in [0, 0.1) is 0 Å². The van der Waals surface area contributed by atoms with E-state index >= 15 is 0 Å². The number of nitrogens with zero attached hydrogens (tertiary/aromatic N) is 4. The largest absolute Gasteiger partial charge is 0.311 e. The molecule has 0 bridgehead atoms. The zero-order valence-electron chi connectivity index (χ0n) is 69.3. The van der Waals surface area contributed by atoms with E-state index in [1.807, 2.05) is 0 Å². The van der Waals surface area contributed by atoms with Crippen molar-refractivity contribution in [2.45, 2.75) is 183 Å². The van der Waals surface area contributed by atoms with Crippen LogP contribution in [0.15, 0.2) is 267 Å². The van der Waals surface area contributed by atoms with Crippen LogP contribution in [0.4, 0.5) is 34.1 Å². The molecule has 0 spiro atoms. The summed E-state index contributed by atoms with van der Waals surface area (Å²) in [6.45, 7) is 49.0. The summed E-state index contributed by atoms with van der Waals surface area (Å²) in [7, 11) is 0. The maximum absolute atomic E-state index is 2.73. The Labute approximate surface area is 660 Å². The zero-order chi connectivity index (χ0) is 78.1. The number of hydrogen-bond acceptors (Lipinski definition) is 2. The van der Waals surface area contributed by atoms with Gasteiger partial charge in [-0.1, -0.05) is 327 Å². The maximum atomic E-state index is 2.73. The van der Waals surface area contributed by atoms with Gasteiger partial charge in [0.1, 0.15) is 0 Å². The number of aromatic nitrogens is 2. The molecule has 4 nitrogen and oxygen atoms in total. The normalized spacial score (nSPS) is 13.6.